The molecule has 0 aliphatic rings. The number of likely N-dealkylation sites (N-methyl/N-ethyl adjacent to an activating group) is 1. The molecule has 2 N–H and O–H groups in total. The van der Waals surface area contributed by atoms with Gasteiger partial charge in [-0.15, -0.1) is 0 Å². The SMILES string of the molecule is CC/C=C\C/C=C\C/C=C\C/C=C\C/C=C\C/C=C\CCCCCCCCCCCCCCCCCCC(=O)NC(COP(=O)([O-])OCC[N+](C)(C)C)C(O)/C=C/CCCCCCCCCCCCCCCCCCCCCCCCCCCCCCC. The minimum atomic E-state index is -4.61. The molecule has 8 nitrogen and oxygen atoms in total. The molecule has 0 saturated heterocycles. The van der Waals surface area contributed by atoms with Crippen LogP contribution < -0.4 is 10.2 Å². The Morgan fingerprint density at radius 1 is 0.409 bits per heavy atom. The fourth-order valence-electron chi connectivity index (χ4n) is 11.3. The first kappa shape index (κ1) is 85.7. The molecule has 0 heterocycles. The number of hydrogen-bond donors (Lipinski definition) is 2. The number of amides is 1. The molecule has 3 atom stereocenters. The maximum Gasteiger partial charge on any atom is 0.268 e. The number of nitrogens with zero attached hydrogens (tertiary/aromatic N) is 1. The molecule has 0 bridgehead atoms. The lowest BCUT2D eigenvalue weighted by Crippen LogP contribution is -2.45. The quantitative estimate of drug-likeness (QED) is 0.0272. The summed E-state index contributed by atoms with van der Waals surface area (Å²) >= 11 is 0. The van der Waals surface area contributed by atoms with Crippen LogP contribution in [-0.2, 0) is 18.4 Å². The zero-order chi connectivity index (χ0) is 64.1. The number of aliphatic hydroxyl groups is 1. The number of phosphoric ester groups is 1. The number of carbonyl (C=O) groups excluding carboxylic acids is 1. The van der Waals surface area contributed by atoms with Gasteiger partial charge in [-0.2, -0.15) is 0 Å². The van der Waals surface area contributed by atoms with E-state index in [0.29, 0.717) is 17.4 Å². The number of phosphoric acid groups is 1. The molecule has 0 radical (unpaired) electrons. The van der Waals surface area contributed by atoms with Crippen molar-refractivity contribution in [3.63, 3.8) is 0 Å². The molecule has 9 heteroatoms. The second kappa shape index (κ2) is 69.0. The van der Waals surface area contributed by atoms with Gasteiger partial charge in [0.1, 0.15) is 13.2 Å². The Kier molecular flexibility index (Phi) is 67.2. The highest BCUT2D eigenvalue weighted by atomic mass is 31.2. The smallest absolute Gasteiger partial charge is 0.268 e. The standard InChI is InChI=1S/C79H147N2O6P/c1-6-8-10-12-14-16-18-20-22-24-26-28-30-32-34-36-38-39-40-41-43-45-47-49-51-53-55-57-59-61-63-65-67-69-71-73-79(83)80-77(76-87-88(84,85)86-75-74-81(3,4)5)78(82)72-70-68-66-64-62-60-58-56-54-52-50-48-46-44-42-37-35-33-31-29-27-25-23-21-19-17-15-13-11-9-7-2/h8,10,14,16,20,22,26,28,32,34,38-39,70,72,77-78,82H,6-7,9,11-13,15,17-19,21,23-25,27,29-31,33,35-37,40-69,71,73-76H2,1-5H3,(H-,80,83,84,85)/b10-8-,16-14-,22-20-,28-26-,34-32-,39-38-,72-70+. The van der Waals surface area contributed by atoms with Gasteiger partial charge in [0, 0.05) is 6.42 Å². The van der Waals surface area contributed by atoms with Gasteiger partial charge in [0.05, 0.1) is 39.9 Å². The highest BCUT2D eigenvalue weighted by Gasteiger charge is 2.23. The number of rotatable bonds is 70. The van der Waals surface area contributed by atoms with Crippen molar-refractivity contribution in [3.05, 3.63) is 85.1 Å². The minimum absolute atomic E-state index is 0.00207. The summed E-state index contributed by atoms with van der Waals surface area (Å²) in [5, 5.41) is 14.0. The lowest BCUT2D eigenvalue weighted by atomic mass is 10.0. The maximum absolute atomic E-state index is 13.1. The number of aliphatic hydroxyl groups excluding tert-OH is 1. The van der Waals surface area contributed by atoms with Crippen LogP contribution in [0.15, 0.2) is 85.1 Å². The molecule has 0 spiro atoms. The van der Waals surface area contributed by atoms with E-state index >= 15 is 0 Å². The summed E-state index contributed by atoms with van der Waals surface area (Å²) in [5.74, 6) is -0.194. The van der Waals surface area contributed by atoms with Crippen LogP contribution in [0.2, 0.25) is 0 Å². The van der Waals surface area contributed by atoms with E-state index in [4.69, 9.17) is 9.05 Å². The Morgan fingerprint density at radius 2 is 0.693 bits per heavy atom. The second-order valence-electron chi connectivity index (χ2n) is 27.0. The predicted octanol–water partition coefficient (Wildman–Crippen LogP) is 24.0. The van der Waals surface area contributed by atoms with Crippen molar-refractivity contribution in [2.24, 2.45) is 0 Å². The Balaban J connectivity index is 4.02. The number of quaternary nitrogens is 1. The summed E-state index contributed by atoms with van der Waals surface area (Å²) in [6, 6.07) is -0.892. The first-order valence-electron chi connectivity index (χ1n) is 37.9. The third-order valence-corrected chi connectivity index (χ3v) is 18.1. The lowest BCUT2D eigenvalue weighted by molar-refractivity contribution is -0.870. The van der Waals surface area contributed by atoms with Crippen molar-refractivity contribution >= 4 is 13.7 Å². The minimum Gasteiger partial charge on any atom is -0.756 e. The molecule has 88 heavy (non-hydrogen) atoms. The Hall–Kier alpha value is -2.32. The van der Waals surface area contributed by atoms with Gasteiger partial charge in [-0.3, -0.25) is 9.36 Å². The number of hydrogen-bond acceptors (Lipinski definition) is 6. The third-order valence-electron chi connectivity index (χ3n) is 17.1. The summed E-state index contributed by atoms with van der Waals surface area (Å²) in [7, 11) is 1.27. The van der Waals surface area contributed by atoms with E-state index in [0.717, 1.165) is 77.0 Å². The summed E-state index contributed by atoms with van der Waals surface area (Å²) in [4.78, 5) is 25.7. The molecule has 0 saturated carbocycles. The van der Waals surface area contributed by atoms with Crippen LogP contribution in [0, 0.1) is 0 Å². The number of carbonyl (C=O) groups is 1. The Bertz CT molecular complexity index is 1710. The fraction of sp³-hybridized carbons (Fsp3) is 0.810. The lowest BCUT2D eigenvalue weighted by Gasteiger charge is -2.29. The van der Waals surface area contributed by atoms with Gasteiger partial charge in [-0.1, -0.05) is 369 Å². The van der Waals surface area contributed by atoms with Crippen LogP contribution in [0.3, 0.4) is 0 Å². The summed E-state index contributed by atoms with van der Waals surface area (Å²) < 4.78 is 23.5. The van der Waals surface area contributed by atoms with Crippen LogP contribution in [0.1, 0.15) is 361 Å². The largest absolute Gasteiger partial charge is 0.756 e. The monoisotopic (exact) mass is 1250 g/mol. The first-order valence-corrected chi connectivity index (χ1v) is 39.4. The zero-order valence-corrected chi connectivity index (χ0v) is 59.8. The molecular weight excluding hydrogens is 1100 g/mol. The van der Waals surface area contributed by atoms with Crippen LogP contribution in [0.5, 0.6) is 0 Å². The number of unbranched alkanes of at least 4 members (excludes halogenated alkanes) is 45. The van der Waals surface area contributed by atoms with Crippen molar-refractivity contribution < 1.29 is 32.9 Å². The van der Waals surface area contributed by atoms with Crippen molar-refractivity contribution in [2.45, 2.75) is 373 Å². The molecule has 3 unspecified atom stereocenters. The normalized spacial score (nSPS) is 14.0. The molecule has 0 rings (SSSR count). The van der Waals surface area contributed by atoms with E-state index in [2.05, 4.69) is 92.1 Å². The Morgan fingerprint density at radius 3 is 1.01 bits per heavy atom. The number of nitrogens with one attached hydrogen (secondary N) is 1. The molecule has 0 aliphatic heterocycles. The average molecular weight is 1250 g/mol. The highest BCUT2D eigenvalue weighted by Crippen LogP contribution is 2.38. The van der Waals surface area contributed by atoms with Gasteiger partial charge < -0.3 is 28.8 Å². The van der Waals surface area contributed by atoms with Crippen molar-refractivity contribution in [1.29, 1.82) is 0 Å². The topological polar surface area (TPSA) is 108 Å². The van der Waals surface area contributed by atoms with Crippen LogP contribution >= 0.6 is 7.82 Å². The van der Waals surface area contributed by atoms with Crippen molar-refractivity contribution in [2.75, 3.05) is 40.9 Å². The van der Waals surface area contributed by atoms with Gasteiger partial charge in [-0.25, -0.2) is 0 Å². The molecule has 1 amide bonds. The average Bonchev–Trinajstić information content (AvgIpc) is 3.64. The summed E-state index contributed by atoms with van der Waals surface area (Å²) in [6.45, 7) is 4.58. The Labute approximate surface area is 547 Å². The van der Waals surface area contributed by atoms with Gasteiger partial charge in [0.25, 0.3) is 7.82 Å². The van der Waals surface area contributed by atoms with E-state index in [9.17, 15) is 19.4 Å². The van der Waals surface area contributed by atoms with Crippen LogP contribution in [0.4, 0.5) is 0 Å². The van der Waals surface area contributed by atoms with Crippen molar-refractivity contribution in [1.82, 2.24) is 5.32 Å². The van der Waals surface area contributed by atoms with Crippen LogP contribution in [-0.4, -0.2) is 68.5 Å². The molecule has 0 aromatic carbocycles. The highest BCUT2D eigenvalue weighted by molar-refractivity contribution is 7.45. The van der Waals surface area contributed by atoms with Gasteiger partial charge in [0.2, 0.25) is 5.91 Å². The predicted molar refractivity (Wildman–Crippen MR) is 385 cm³/mol. The molecule has 0 aromatic rings. The second-order valence-corrected chi connectivity index (χ2v) is 28.4. The zero-order valence-electron chi connectivity index (χ0n) is 58.9. The summed E-state index contributed by atoms with van der Waals surface area (Å²) in [6.07, 6.45) is 98.7. The van der Waals surface area contributed by atoms with Gasteiger partial charge >= 0.3 is 0 Å². The van der Waals surface area contributed by atoms with E-state index in [1.54, 1.807) is 6.08 Å². The van der Waals surface area contributed by atoms with E-state index in [1.165, 1.54) is 263 Å². The first-order chi connectivity index (χ1) is 43.0. The van der Waals surface area contributed by atoms with E-state index in [-0.39, 0.29) is 19.1 Å². The fourth-order valence-corrected chi connectivity index (χ4v) is 12.0. The molecular formula is C79H147N2O6P. The molecule has 514 valence electrons. The van der Waals surface area contributed by atoms with Gasteiger partial charge in [0.15, 0.2) is 0 Å². The van der Waals surface area contributed by atoms with E-state index < -0.39 is 20.0 Å². The van der Waals surface area contributed by atoms with Crippen molar-refractivity contribution in [3.8, 4) is 0 Å². The molecule has 0 aliphatic carbocycles. The van der Waals surface area contributed by atoms with Gasteiger partial charge in [-0.05, 0) is 70.6 Å². The summed E-state index contributed by atoms with van der Waals surface area (Å²) in [5.41, 5.74) is 0. The number of allylic oxidation sites excluding steroid dienone is 13. The maximum atomic E-state index is 13.1. The van der Waals surface area contributed by atoms with E-state index in [1.807, 2.05) is 27.2 Å². The molecule has 0 fully saturated rings. The van der Waals surface area contributed by atoms with Crippen LogP contribution in [0.25, 0.3) is 0 Å². The molecule has 0 aromatic heterocycles. The third kappa shape index (κ3) is 71.1.